The van der Waals surface area contributed by atoms with Crippen molar-refractivity contribution in [2.24, 2.45) is 33.5 Å². The van der Waals surface area contributed by atoms with E-state index >= 15 is 0 Å². The molecule has 5 aliphatic carbocycles. The molecule has 5 fully saturated rings. The van der Waals surface area contributed by atoms with Gasteiger partial charge in [-0.25, -0.2) is 0 Å². The van der Waals surface area contributed by atoms with Gasteiger partial charge < -0.3 is 5.11 Å². The van der Waals surface area contributed by atoms with E-state index in [1.165, 1.54) is 32.1 Å². The minimum absolute atomic E-state index is 0.0852. The van der Waals surface area contributed by atoms with Gasteiger partial charge in [-0.3, -0.25) is 4.79 Å². The third-order valence-electron chi connectivity index (χ3n) is 9.03. The third kappa shape index (κ3) is 1.53. The summed E-state index contributed by atoms with van der Waals surface area (Å²) in [5, 5.41) is 10.8. The Labute approximate surface area is 135 Å². The maximum Gasteiger partial charge on any atom is 0.141 e. The first kappa shape index (κ1) is 15.2. The Bertz CT molecular complexity index is 524. The van der Waals surface area contributed by atoms with E-state index in [0.717, 1.165) is 19.3 Å². The quantitative estimate of drug-likeness (QED) is 0.722. The summed E-state index contributed by atoms with van der Waals surface area (Å²) in [4.78, 5) is 12.9. The van der Waals surface area contributed by atoms with Crippen molar-refractivity contribution >= 4 is 5.78 Å². The lowest BCUT2D eigenvalue weighted by atomic mass is 9.33. The van der Waals surface area contributed by atoms with Crippen LogP contribution in [-0.2, 0) is 4.79 Å². The van der Waals surface area contributed by atoms with Gasteiger partial charge in [-0.2, -0.15) is 0 Å². The zero-order valence-electron chi connectivity index (χ0n) is 14.7. The van der Waals surface area contributed by atoms with Crippen molar-refractivity contribution in [2.75, 3.05) is 0 Å². The molecular weight excluding hydrogens is 272 g/mol. The number of aliphatic hydroxyl groups excluding tert-OH is 1. The Morgan fingerprint density at radius 1 is 1.05 bits per heavy atom. The van der Waals surface area contributed by atoms with E-state index < -0.39 is 11.5 Å². The van der Waals surface area contributed by atoms with Crippen molar-refractivity contribution in [1.82, 2.24) is 0 Å². The summed E-state index contributed by atoms with van der Waals surface area (Å²) in [6.45, 7) is 9.40. The molecule has 5 aliphatic rings. The Hall–Kier alpha value is -0.370. The highest BCUT2D eigenvalue weighted by atomic mass is 16.3. The Balaban J connectivity index is 1.83. The van der Waals surface area contributed by atoms with Crippen molar-refractivity contribution in [3.63, 3.8) is 0 Å². The molecule has 1 spiro atoms. The molecule has 22 heavy (non-hydrogen) atoms. The normalized spacial score (nSPS) is 56.4. The summed E-state index contributed by atoms with van der Waals surface area (Å²) in [5.41, 5.74) is 0.274. The van der Waals surface area contributed by atoms with Gasteiger partial charge in [0.2, 0.25) is 0 Å². The molecule has 2 heteroatoms. The number of hydrogen-bond acceptors (Lipinski definition) is 2. The highest BCUT2D eigenvalue weighted by Gasteiger charge is 2.70. The summed E-state index contributed by atoms with van der Waals surface area (Å²) in [5.74, 6) is 1.73. The molecule has 2 nitrogen and oxygen atoms in total. The number of aliphatic hydroxyl groups is 1. The van der Waals surface area contributed by atoms with Crippen molar-refractivity contribution in [1.29, 1.82) is 0 Å². The second-order valence-electron chi connectivity index (χ2n) is 10.2. The van der Waals surface area contributed by atoms with Crippen LogP contribution >= 0.6 is 0 Å². The molecule has 0 aromatic rings. The van der Waals surface area contributed by atoms with Crippen molar-refractivity contribution < 1.29 is 9.90 Å². The molecule has 0 amide bonds. The number of Topliss-reactive ketones (excluding diaryl/α,β-unsaturated/α-hetero) is 1. The minimum Gasteiger partial charge on any atom is -0.392 e. The van der Waals surface area contributed by atoms with Gasteiger partial charge in [-0.15, -0.1) is 0 Å². The van der Waals surface area contributed by atoms with Gasteiger partial charge in [0, 0.05) is 6.42 Å². The van der Waals surface area contributed by atoms with Crippen LogP contribution in [0.5, 0.6) is 0 Å². The van der Waals surface area contributed by atoms with Crippen LogP contribution in [-0.4, -0.2) is 17.0 Å². The van der Waals surface area contributed by atoms with Gasteiger partial charge in [-0.05, 0) is 66.6 Å². The van der Waals surface area contributed by atoms with Gasteiger partial charge in [-0.1, -0.05) is 34.1 Å². The van der Waals surface area contributed by atoms with E-state index in [-0.39, 0.29) is 10.8 Å². The Kier molecular flexibility index (Phi) is 2.88. The largest absolute Gasteiger partial charge is 0.392 e. The highest BCUT2D eigenvalue weighted by Crippen LogP contribution is 2.74. The molecule has 0 aromatic carbocycles. The van der Waals surface area contributed by atoms with Gasteiger partial charge in [0.1, 0.15) is 5.78 Å². The van der Waals surface area contributed by atoms with Gasteiger partial charge in [0.05, 0.1) is 11.5 Å². The number of carbonyl (C=O) groups excluding carboxylic acids is 1. The monoisotopic (exact) mass is 304 g/mol. The summed E-state index contributed by atoms with van der Waals surface area (Å²) in [7, 11) is 0. The first-order valence-corrected chi connectivity index (χ1v) is 9.37. The van der Waals surface area contributed by atoms with E-state index in [1.54, 1.807) is 0 Å². The van der Waals surface area contributed by atoms with Crippen LogP contribution in [0.1, 0.15) is 79.1 Å². The molecule has 5 rings (SSSR count). The first-order valence-electron chi connectivity index (χ1n) is 9.37. The summed E-state index contributed by atoms with van der Waals surface area (Å²) >= 11 is 0. The molecule has 2 bridgehead atoms. The van der Waals surface area contributed by atoms with Crippen LogP contribution in [0.2, 0.25) is 0 Å². The van der Waals surface area contributed by atoms with E-state index in [9.17, 15) is 9.90 Å². The van der Waals surface area contributed by atoms with E-state index in [4.69, 9.17) is 0 Å². The fourth-order valence-electron chi connectivity index (χ4n) is 7.66. The maximum absolute atomic E-state index is 12.9. The molecule has 0 aliphatic heterocycles. The van der Waals surface area contributed by atoms with Crippen LogP contribution in [0.25, 0.3) is 0 Å². The molecule has 0 saturated heterocycles. The number of carbonyl (C=O) groups is 1. The smallest absolute Gasteiger partial charge is 0.141 e. The number of fused-ring (bicyclic) bond motifs is 3. The Morgan fingerprint density at radius 2 is 1.77 bits per heavy atom. The number of ketones is 1. The fourth-order valence-corrected chi connectivity index (χ4v) is 7.66. The molecule has 1 unspecified atom stereocenters. The van der Waals surface area contributed by atoms with Gasteiger partial charge in [0.15, 0.2) is 0 Å². The number of hydrogen-bond donors (Lipinski definition) is 1. The van der Waals surface area contributed by atoms with E-state index in [2.05, 4.69) is 20.8 Å². The van der Waals surface area contributed by atoms with Crippen molar-refractivity contribution in [2.45, 2.75) is 85.2 Å². The summed E-state index contributed by atoms with van der Waals surface area (Å²) in [6.07, 6.45) is 8.63. The van der Waals surface area contributed by atoms with E-state index in [1.807, 2.05) is 6.92 Å². The molecule has 0 heterocycles. The standard InChI is InChI=1S/C20H32O2/c1-17(2)8-5-9-19(4)14(17)7-6-13-10-18(3)15(21)11-20(13,19)12-16(18)22/h13-15,21H,5-12H2,1-4H3/t13-,14-,15?,18-,19-,20-/m0/s1. The van der Waals surface area contributed by atoms with Gasteiger partial charge >= 0.3 is 0 Å². The minimum atomic E-state index is -0.445. The number of rotatable bonds is 0. The van der Waals surface area contributed by atoms with Crippen LogP contribution in [0.4, 0.5) is 0 Å². The van der Waals surface area contributed by atoms with Crippen LogP contribution in [0.15, 0.2) is 0 Å². The average Bonchev–Trinajstić information content (AvgIpc) is 2.40. The topological polar surface area (TPSA) is 37.3 Å². The van der Waals surface area contributed by atoms with Gasteiger partial charge in [0.25, 0.3) is 0 Å². The van der Waals surface area contributed by atoms with Crippen LogP contribution in [0.3, 0.4) is 0 Å². The molecule has 0 radical (unpaired) electrons. The average molecular weight is 304 g/mol. The maximum atomic E-state index is 12.9. The zero-order valence-corrected chi connectivity index (χ0v) is 14.7. The lowest BCUT2D eigenvalue weighted by Gasteiger charge is -2.71. The van der Waals surface area contributed by atoms with Crippen molar-refractivity contribution in [3.05, 3.63) is 0 Å². The van der Waals surface area contributed by atoms with Crippen LogP contribution in [0, 0.1) is 33.5 Å². The van der Waals surface area contributed by atoms with Crippen molar-refractivity contribution in [3.8, 4) is 0 Å². The lowest BCUT2D eigenvalue weighted by Crippen LogP contribution is -2.68. The SMILES string of the molecule is CC1(C)CCC[C@@]2(C)[C@H]1CC[C@H]1C[C@]3(C)C(=O)C[C@@]12CC3O. The molecule has 1 N–H and O–H groups in total. The van der Waals surface area contributed by atoms with E-state index in [0.29, 0.717) is 23.0 Å². The second kappa shape index (κ2) is 4.18. The third-order valence-corrected chi connectivity index (χ3v) is 9.03. The molecule has 5 saturated carbocycles. The first-order chi connectivity index (χ1) is 10.2. The molecular formula is C20H32O2. The predicted octanol–water partition coefficient (Wildman–Crippen LogP) is 4.35. The molecule has 0 aromatic heterocycles. The van der Waals surface area contributed by atoms with Crippen LogP contribution < -0.4 is 0 Å². The summed E-state index contributed by atoms with van der Waals surface area (Å²) in [6, 6.07) is 0. The Morgan fingerprint density at radius 3 is 2.45 bits per heavy atom. The predicted molar refractivity (Wildman–Crippen MR) is 87.4 cm³/mol. The fraction of sp³-hybridized carbons (Fsp3) is 0.950. The second-order valence-corrected chi connectivity index (χ2v) is 10.2. The zero-order chi connectivity index (χ0) is 16.0. The lowest BCUT2D eigenvalue weighted by molar-refractivity contribution is -0.238. The summed E-state index contributed by atoms with van der Waals surface area (Å²) < 4.78 is 0. The highest BCUT2D eigenvalue weighted by molar-refractivity contribution is 5.88. The molecule has 6 atom stereocenters. The molecule has 124 valence electrons.